The van der Waals surface area contributed by atoms with Crippen molar-refractivity contribution in [3.05, 3.63) is 60.2 Å². The van der Waals surface area contributed by atoms with E-state index in [1.165, 1.54) is 11.8 Å². The van der Waals surface area contributed by atoms with Gasteiger partial charge in [-0.3, -0.25) is 9.59 Å². The number of hydrogen-bond donors (Lipinski definition) is 1. The standard InChI is InChI=1S/C22H28N2O3/c1-3-4-8-15-23-22(26)16-24(18(2)25)20-11-13-21(14-12-20)27-17-19-9-6-5-7-10-19/h5-7,9-14H,3-4,8,15-17H2,1-2H3,(H,23,26). The number of amides is 2. The molecule has 0 saturated heterocycles. The Bertz CT molecular complexity index is 714. The van der Waals surface area contributed by atoms with Gasteiger partial charge in [-0.05, 0) is 36.2 Å². The third-order valence-corrected chi connectivity index (χ3v) is 4.18. The van der Waals surface area contributed by atoms with Gasteiger partial charge in [0.05, 0.1) is 0 Å². The molecule has 0 aliphatic carbocycles. The predicted octanol–water partition coefficient (Wildman–Crippen LogP) is 3.92. The van der Waals surface area contributed by atoms with Crippen LogP contribution in [-0.2, 0) is 16.2 Å². The SMILES string of the molecule is CCCCCNC(=O)CN(C(C)=O)c1ccc(OCc2ccccc2)cc1. The molecule has 2 aromatic rings. The molecule has 0 unspecified atom stereocenters. The summed E-state index contributed by atoms with van der Waals surface area (Å²) in [7, 11) is 0. The zero-order valence-corrected chi connectivity index (χ0v) is 16.1. The van der Waals surface area contributed by atoms with Crippen molar-refractivity contribution in [3.63, 3.8) is 0 Å². The lowest BCUT2D eigenvalue weighted by Gasteiger charge is -2.21. The number of nitrogens with zero attached hydrogens (tertiary/aromatic N) is 1. The van der Waals surface area contributed by atoms with Crippen molar-refractivity contribution in [2.75, 3.05) is 18.0 Å². The monoisotopic (exact) mass is 368 g/mol. The topological polar surface area (TPSA) is 58.6 Å². The van der Waals surface area contributed by atoms with E-state index >= 15 is 0 Å². The first-order valence-electron chi connectivity index (χ1n) is 9.41. The van der Waals surface area contributed by atoms with Crippen LogP contribution < -0.4 is 15.0 Å². The van der Waals surface area contributed by atoms with Crippen molar-refractivity contribution < 1.29 is 14.3 Å². The van der Waals surface area contributed by atoms with E-state index in [4.69, 9.17) is 4.74 Å². The number of anilines is 1. The summed E-state index contributed by atoms with van der Waals surface area (Å²) >= 11 is 0. The van der Waals surface area contributed by atoms with E-state index < -0.39 is 0 Å². The van der Waals surface area contributed by atoms with Gasteiger partial charge in [0.1, 0.15) is 18.9 Å². The second-order valence-corrected chi connectivity index (χ2v) is 6.43. The van der Waals surface area contributed by atoms with Crippen molar-refractivity contribution in [1.82, 2.24) is 5.32 Å². The Morgan fingerprint density at radius 2 is 1.70 bits per heavy atom. The number of hydrogen-bond acceptors (Lipinski definition) is 3. The highest BCUT2D eigenvalue weighted by atomic mass is 16.5. The van der Waals surface area contributed by atoms with Crippen LogP contribution in [-0.4, -0.2) is 24.9 Å². The molecule has 0 heterocycles. The summed E-state index contributed by atoms with van der Waals surface area (Å²) in [5.74, 6) is 0.400. The minimum absolute atomic E-state index is 0.0195. The van der Waals surface area contributed by atoms with Crippen LogP contribution in [0.2, 0.25) is 0 Å². The van der Waals surface area contributed by atoms with E-state index in [-0.39, 0.29) is 18.4 Å². The molecule has 2 aromatic carbocycles. The maximum absolute atomic E-state index is 12.1. The van der Waals surface area contributed by atoms with Gasteiger partial charge in [0.2, 0.25) is 11.8 Å². The molecule has 0 saturated carbocycles. The number of unbranched alkanes of at least 4 members (excludes halogenated alkanes) is 2. The normalized spacial score (nSPS) is 10.3. The van der Waals surface area contributed by atoms with Gasteiger partial charge in [0.25, 0.3) is 0 Å². The smallest absolute Gasteiger partial charge is 0.240 e. The summed E-state index contributed by atoms with van der Waals surface area (Å²) in [5.41, 5.74) is 1.77. The molecule has 2 amide bonds. The number of ether oxygens (including phenoxy) is 1. The first-order chi connectivity index (χ1) is 13.1. The molecule has 0 bridgehead atoms. The second-order valence-electron chi connectivity index (χ2n) is 6.43. The Kier molecular flexibility index (Phi) is 8.36. The molecule has 27 heavy (non-hydrogen) atoms. The fourth-order valence-corrected chi connectivity index (χ4v) is 2.65. The summed E-state index contributed by atoms with van der Waals surface area (Å²) in [6.07, 6.45) is 3.14. The highest BCUT2D eigenvalue weighted by Gasteiger charge is 2.15. The van der Waals surface area contributed by atoms with Crippen molar-refractivity contribution >= 4 is 17.5 Å². The third kappa shape index (κ3) is 7.13. The molecule has 0 radical (unpaired) electrons. The van der Waals surface area contributed by atoms with Crippen molar-refractivity contribution in [2.45, 2.75) is 39.7 Å². The maximum Gasteiger partial charge on any atom is 0.240 e. The minimum Gasteiger partial charge on any atom is -0.489 e. The molecule has 0 fully saturated rings. The number of carbonyl (C=O) groups is 2. The molecular weight excluding hydrogens is 340 g/mol. The molecule has 0 spiro atoms. The van der Waals surface area contributed by atoms with Crippen LogP contribution in [0.5, 0.6) is 5.75 Å². The number of rotatable bonds is 10. The average Bonchev–Trinajstić information content (AvgIpc) is 2.69. The van der Waals surface area contributed by atoms with Crippen LogP contribution in [0.25, 0.3) is 0 Å². The van der Waals surface area contributed by atoms with Crippen molar-refractivity contribution in [3.8, 4) is 5.75 Å². The molecule has 0 aliphatic heterocycles. The van der Waals surface area contributed by atoms with E-state index in [2.05, 4.69) is 12.2 Å². The number of nitrogens with one attached hydrogen (secondary N) is 1. The van der Waals surface area contributed by atoms with Crippen LogP contribution in [0.4, 0.5) is 5.69 Å². The summed E-state index contributed by atoms with van der Waals surface area (Å²) in [5, 5.41) is 2.86. The highest BCUT2D eigenvalue weighted by molar-refractivity contribution is 5.97. The Morgan fingerprint density at radius 1 is 1.00 bits per heavy atom. The lowest BCUT2D eigenvalue weighted by Crippen LogP contribution is -2.40. The van der Waals surface area contributed by atoms with E-state index in [0.29, 0.717) is 18.8 Å². The largest absolute Gasteiger partial charge is 0.489 e. The highest BCUT2D eigenvalue weighted by Crippen LogP contribution is 2.20. The molecule has 2 rings (SSSR count). The van der Waals surface area contributed by atoms with Crippen LogP contribution in [0, 0.1) is 0 Å². The Labute approximate surface area is 161 Å². The summed E-state index contributed by atoms with van der Waals surface area (Å²) in [6, 6.07) is 17.1. The third-order valence-electron chi connectivity index (χ3n) is 4.18. The Morgan fingerprint density at radius 3 is 2.33 bits per heavy atom. The molecule has 0 aliphatic rings. The van der Waals surface area contributed by atoms with E-state index in [1.54, 1.807) is 12.1 Å². The predicted molar refractivity (Wildman–Crippen MR) is 108 cm³/mol. The van der Waals surface area contributed by atoms with Gasteiger partial charge in [0, 0.05) is 19.2 Å². The van der Waals surface area contributed by atoms with Crippen molar-refractivity contribution in [2.24, 2.45) is 0 Å². The average molecular weight is 368 g/mol. The van der Waals surface area contributed by atoms with Gasteiger partial charge in [-0.1, -0.05) is 50.1 Å². The van der Waals surface area contributed by atoms with E-state index in [1.807, 2.05) is 42.5 Å². The van der Waals surface area contributed by atoms with Crippen LogP contribution >= 0.6 is 0 Å². The maximum atomic E-state index is 12.1. The minimum atomic E-state index is -0.170. The zero-order valence-electron chi connectivity index (χ0n) is 16.1. The molecule has 5 nitrogen and oxygen atoms in total. The van der Waals surface area contributed by atoms with Gasteiger partial charge < -0.3 is 15.0 Å². The molecule has 1 N–H and O–H groups in total. The van der Waals surface area contributed by atoms with Crippen LogP contribution in [0.3, 0.4) is 0 Å². The van der Waals surface area contributed by atoms with Crippen LogP contribution in [0.15, 0.2) is 54.6 Å². The Balaban J connectivity index is 1.90. The van der Waals surface area contributed by atoms with E-state index in [9.17, 15) is 9.59 Å². The summed E-state index contributed by atoms with van der Waals surface area (Å²) < 4.78 is 5.76. The van der Waals surface area contributed by atoms with Gasteiger partial charge in [-0.2, -0.15) is 0 Å². The molecule has 0 aromatic heterocycles. The van der Waals surface area contributed by atoms with Gasteiger partial charge in [-0.25, -0.2) is 0 Å². The molecule has 5 heteroatoms. The first kappa shape index (κ1) is 20.5. The fraction of sp³-hybridized carbons (Fsp3) is 0.364. The Hall–Kier alpha value is -2.82. The number of benzene rings is 2. The first-order valence-corrected chi connectivity index (χ1v) is 9.41. The fourth-order valence-electron chi connectivity index (χ4n) is 2.65. The van der Waals surface area contributed by atoms with Gasteiger partial charge in [0.15, 0.2) is 0 Å². The molecule has 144 valence electrons. The zero-order chi connectivity index (χ0) is 19.5. The molecular formula is C22H28N2O3. The molecule has 0 atom stereocenters. The van der Waals surface area contributed by atoms with Gasteiger partial charge in [-0.15, -0.1) is 0 Å². The lowest BCUT2D eigenvalue weighted by atomic mass is 10.2. The lowest BCUT2D eigenvalue weighted by molar-refractivity contribution is -0.123. The van der Waals surface area contributed by atoms with E-state index in [0.717, 1.165) is 30.6 Å². The van der Waals surface area contributed by atoms with Gasteiger partial charge >= 0.3 is 0 Å². The quantitative estimate of drug-likeness (QED) is 0.647. The van der Waals surface area contributed by atoms with Crippen molar-refractivity contribution in [1.29, 1.82) is 0 Å². The van der Waals surface area contributed by atoms with Crippen LogP contribution in [0.1, 0.15) is 38.7 Å². The number of carbonyl (C=O) groups excluding carboxylic acids is 2. The second kappa shape index (κ2) is 11.0. The summed E-state index contributed by atoms with van der Waals surface area (Å²) in [6.45, 7) is 4.73. The summed E-state index contributed by atoms with van der Waals surface area (Å²) in [4.78, 5) is 25.5.